The zero-order valence-electron chi connectivity index (χ0n) is 10.2. The van der Waals surface area contributed by atoms with E-state index in [1.54, 1.807) is 11.9 Å². The first-order valence-electron chi connectivity index (χ1n) is 5.82. The Morgan fingerprint density at radius 1 is 1.50 bits per heavy atom. The number of benzene rings is 1. The van der Waals surface area contributed by atoms with Gasteiger partial charge in [0.15, 0.2) is 6.61 Å². The van der Waals surface area contributed by atoms with Gasteiger partial charge in [-0.3, -0.25) is 9.59 Å². The molecule has 96 valence electrons. The highest BCUT2D eigenvalue weighted by Gasteiger charge is 2.22. The maximum atomic E-state index is 11.5. The van der Waals surface area contributed by atoms with Gasteiger partial charge < -0.3 is 14.7 Å². The average Bonchev–Trinajstić information content (AvgIpc) is 2.34. The van der Waals surface area contributed by atoms with Crippen molar-refractivity contribution in [1.82, 2.24) is 0 Å². The lowest BCUT2D eigenvalue weighted by Crippen LogP contribution is -2.35. The molecule has 1 aliphatic heterocycles. The van der Waals surface area contributed by atoms with Crippen molar-refractivity contribution in [1.29, 1.82) is 0 Å². The second kappa shape index (κ2) is 5.08. The zero-order valence-corrected chi connectivity index (χ0v) is 10.2. The Labute approximate surface area is 105 Å². The lowest BCUT2D eigenvalue weighted by molar-refractivity contribution is -0.137. The van der Waals surface area contributed by atoms with Gasteiger partial charge in [0.05, 0.1) is 5.69 Å². The van der Waals surface area contributed by atoms with Gasteiger partial charge in [0.1, 0.15) is 5.75 Å². The Balaban J connectivity index is 2.11. The molecule has 0 fully saturated rings. The molecule has 0 aromatic heterocycles. The van der Waals surface area contributed by atoms with E-state index >= 15 is 0 Å². The molecule has 0 radical (unpaired) electrons. The fourth-order valence-electron chi connectivity index (χ4n) is 1.92. The summed E-state index contributed by atoms with van der Waals surface area (Å²) in [6.07, 6.45) is 1.43. The van der Waals surface area contributed by atoms with E-state index in [0.717, 1.165) is 11.3 Å². The van der Waals surface area contributed by atoms with Gasteiger partial charge in [-0.25, -0.2) is 0 Å². The molecule has 1 amide bonds. The molecule has 18 heavy (non-hydrogen) atoms. The second-order valence-corrected chi connectivity index (χ2v) is 4.29. The summed E-state index contributed by atoms with van der Waals surface area (Å²) >= 11 is 0. The molecule has 5 heteroatoms. The van der Waals surface area contributed by atoms with Crippen LogP contribution in [0.2, 0.25) is 0 Å². The maximum Gasteiger partial charge on any atom is 0.303 e. The van der Waals surface area contributed by atoms with Crippen molar-refractivity contribution in [3.05, 3.63) is 23.8 Å². The summed E-state index contributed by atoms with van der Waals surface area (Å²) in [6.45, 7) is 0.0713. The predicted octanol–water partition coefficient (Wildman–Crippen LogP) is 1.45. The number of nitrogens with zero attached hydrogens (tertiary/aromatic N) is 1. The highest BCUT2D eigenvalue weighted by Crippen LogP contribution is 2.32. The van der Waals surface area contributed by atoms with E-state index in [9.17, 15) is 9.59 Å². The minimum atomic E-state index is -0.788. The molecule has 0 unspecified atom stereocenters. The van der Waals surface area contributed by atoms with E-state index < -0.39 is 5.97 Å². The number of hydrogen-bond acceptors (Lipinski definition) is 3. The van der Waals surface area contributed by atoms with E-state index in [0.29, 0.717) is 18.6 Å². The Morgan fingerprint density at radius 3 is 3.00 bits per heavy atom. The van der Waals surface area contributed by atoms with Crippen LogP contribution in [0, 0.1) is 0 Å². The number of hydrogen-bond donors (Lipinski definition) is 1. The van der Waals surface area contributed by atoms with Crippen LogP contribution in [0.3, 0.4) is 0 Å². The van der Waals surface area contributed by atoms with Gasteiger partial charge in [-0.1, -0.05) is 6.07 Å². The first-order valence-corrected chi connectivity index (χ1v) is 5.82. The van der Waals surface area contributed by atoms with Crippen LogP contribution in [0.5, 0.6) is 5.75 Å². The number of anilines is 1. The Kier molecular flexibility index (Phi) is 3.50. The number of carboxylic acid groups (broad SMARTS) is 1. The standard InChI is InChI=1S/C13H15NO4/c1-14-10-7-9(3-2-4-13(16)17)5-6-11(10)18-8-12(14)15/h5-7H,2-4,8H2,1H3,(H,16,17). The molecule has 0 bridgehead atoms. The monoisotopic (exact) mass is 249 g/mol. The molecule has 0 saturated carbocycles. The van der Waals surface area contributed by atoms with Gasteiger partial charge in [0, 0.05) is 13.5 Å². The number of fused-ring (bicyclic) bond motifs is 1. The molecule has 2 rings (SSSR count). The van der Waals surface area contributed by atoms with Gasteiger partial charge in [0.25, 0.3) is 5.91 Å². The van der Waals surface area contributed by atoms with Crippen molar-refractivity contribution in [3.8, 4) is 5.75 Å². The van der Waals surface area contributed by atoms with Crippen LogP contribution in [0.1, 0.15) is 18.4 Å². The van der Waals surface area contributed by atoms with Gasteiger partial charge >= 0.3 is 5.97 Å². The third-order valence-electron chi connectivity index (χ3n) is 2.97. The molecule has 1 heterocycles. The lowest BCUT2D eigenvalue weighted by atomic mass is 10.1. The average molecular weight is 249 g/mol. The molecule has 0 atom stereocenters. The van der Waals surface area contributed by atoms with E-state index in [4.69, 9.17) is 9.84 Å². The molecule has 1 aromatic carbocycles. The van der Waals surface area contributed by atoms with Crippen molar-refractivity contribution < 1.29 is 19.4 Å². The van der Waals surface area contributed by atoms with Crippen LogP contribution in [-0.4, -0.2) is 30.6 Å². The minimum absolute atomic E-state index is 0.0713. The lowest BCUT2D eigenvalue weighted by Gasteiger charge is -2.26. The van der Waals surface area contributed by atoms with Crippen molar-refractivity contribution in [2.24, 2.45) is 0 Å². The molecule has 1 N–H and O–H groups in total. The molecule has 0 spiro atoms. The van der Waals surface area contributed by atoms with Crippen molar-refractivity contribution in [2.75, 3.05) is 18.6 Å². The molecule has 0 aliphatic carbocycles. The summed E-state index contributed by atoms with van der Waals surface area (Å²) in [5.41, 5.74) is 1.76. The number of likely N-dealkylation sites (N-methyl/N-ethyl adjacent to an activating group) is 1. The number of carboxylic acids is 1. The quantitative estimate of drug-likeness (QED) is 0.877. The van der Waals surface area contributed by atoms with Gasteiger partial charge in [-0.2, -0.15) is 0 Å². The fraction of sp³-hybridized carbons (Fsp3) is 0.385. The summed E-state index contributed by atoms with van der Waals surface area (Å²) in [7, 11) is 1.71. The highest BCUT2D eigenvalue weighted by atomic mass is 16.5. The number of amides is 1. The van der Waals surface area contributed by atoms with Gasteiger partial charge in [-0.15, -0.1) is 0 Å². The van der Waals surface area contributed by atoms with E-state index in [1.165, 1.54) is 0 Å². The van der Waals surface area contributed by atoms with Crippen LogP contribution in [0.15, 0.2) is 18.2 Å². The number of aryl methyl sites for hydroxylation is 1. The number of carbonyl (C=O) groups is 2. The Bertz CT molecular complexity index is 484. The summed E-state index contributed by atoms with van der Waals surface area (Å²) in [5.74, 6) is -0.173. The Hall–Kier alpha value is -2.04. The number of ether oxygens (including phenoxy) is 1. The topological polar surface area (TPSA) is 66.8 Å². The van der Waals surface area contributed by atoms with E-state index in [2.05, 4.69) is 0 Å². The largest absolute Gasteiger partial charge is 0.482 e. The van der Waals surface area contributed by atoms with Crippen LogP contribution >= 0.6 is 0 Å². The molecule has 1 aliphatic rings. The number of aliphatic carboxylic acids is 1. The minimum Gasteiger partial charge on any atom is -0.482 e. The first kappa shape index (κ1) is 12.4. The third-order valence-corrected chi connectivity index (χ3v) is 2.97. The predicted molar refractivity (Wildman–Crippen MR) is 65.9 cm³/mol. The molecule has 0 saturated heterocycles. The second-order valence-electron chi connectivity index (χ2n) is 4.29. The molecular formula is C13H15NO4. The summed E-state index contributed by atoms with van der Waals surface area (Å²) < 4.78 is 5.32. The van der Waals surface area contributed by atoms with Crippen molar-refractivity contribution in [2.45, 2.75) is 19.3 Å². The van der Waals surface area contributed by atoms with Gasteiger partial charge in [0.2, 0.25) is 0 Å². The number of carbonyl (C=O) groups excluding carboxylic acids is 1. The Morgan fingerprint density at radius 2 is 2.28 bits per heavy atom. The summed E-state index contributed by atoms with van der Waals surface area (Å²) in [5, 5.41) is 8.59. The zero-order chi connectivity index (χ0) is 13.1. The smallest absolute Gasteiger partial charge is 0.303 e. The SMILES string of the molecule is CN1C(=O)COc2ccc(CCCC(=O)O)cc21. The van der Waals surface area contributed by atoms with Crippen molar-refractivity contribution in [3.63, 3.8) is 0 Å². The highest BCUT2D eigenvalue weighted by molar-refractivity contribution is 5.97. The van der Waals surface area contributed by atoms with Crippen LogP contribution < -0.4 is 9.64 Å². The normalized spacial score (nSPS) is 14.1. The van der Waals surface area contributed by atoms with Crippen molar-refractivity contribution >= 4 is 17.6 Å². The fourth-order valence-corrected chi connectivity index (χ4v) is 1.92. The van der Waals surface area contributed by atoms with Gasteiger partial charge in [-0.05, 0) is 30.5 Å². The maximum absolute atomic E-state index is 11.5. The molecule has 1 aromatic rings. The van der Waals surface area contributed by atoms with Crippen LogP contribution in [0.4, 0.5) is 5.69 Å². The van der Waals surface area contributed by atoms with Crippen LogP contribution in [0.25, 0.3) is 0 Å². The van der Waals surface area contributed by atoms with Crippen LogP contribution in [-0.2, 0) is 16.0 Å². The molecular weight excluding hydrogens is 234 g/mol. The number of rotatable bonds is 4. The van der Waals surface area contributed by atoms with E-state index in [-0.39, 0.29) is 18.9 Å². The summed E-state index contributed by atoms with van der Waals surface area (Å²) in [4.78, 5) is 23.5. The molecule has 5 nitrogen and oxygen atoms in total. The third kappa shape index (κ3) is 2.61. The first-order chi connectivity index (χ1) is 8.58. The summed E-state index contributed by atoms with van der Waals surface area (Å²) in [6, 6.07) is 5.62. The van der Waals surface area contributed by atoms with E-state index in [1.807, 2.05) is 18.2 Å².